The van der Waals surface area contributed by atoms with Crippen LogP contribution in [0.4, 0.5) is 0 Å². The van der Waals surface area contributed by atoms with E-state index in [0.29, 0.717) is 13.1 Å². The molecule has 2 atom stereocenters. The van der Waals surface area contributed by atoms with Gasteiger partial charge in [0.2, 0.25) is 5.91 Å². The molecule has 0 bridgehead atoms. The minimum atomic E-state index is -0.312. The predicted octanol–water partition coefficient (Wildman–Crippen LogP) is 1.29. The molecule has 1 amide bonds. The number of nitrogens with two attached hydrogens (primary N) is 1. The summed E-state index contributed by atoms with van der Waals surface area (Å²) >= 11 is 1.64. The lowest BCUT2D eigenvalue weighted by Crippen LogP contribution is -2.34. The van der Waals surface area contributed by atoms with E-state index in [1.54, 1.807) is 11.3 Å². The van der Waals surface area contributed by atoms with Gasteiger partial charge in [0.15, 0.2) is 0 Å². The molecule has 1 fully saturated rings. The maximum Gasteiger partial charge on any atom is 0.249 e. The summed E-state index contributed by atoms with van der Waals surface area (Å²) in [6.07, 6.45) is 1.40. The number of ether oxygens (including phenoxy) is 1. The summed E-state index contributed by atoms with van der Waals surface area (Å²) in [7, 11) is 0. The highest BCUT2D eigenvalue weighted by Gasteiger charge is 2.29. The number of rotatable bonds is 4. The van der Waals surface area contributed by atoms with Gasteiger partial charge in [-0.2, -0.15) is 0 Å². The molecule has 1 aromatic heterocycles. The Bertz CT molecular complexity index is 345. The minimum Gasteiger partial charge on any atom is -0.364 e. The number of hydrogen-bond donors (Lipinski definition) is 2. The molecule has 0 unspecified atom stereocenters. The molecule has 1 saturated heterocycles. The number of carbonyl (C=O) groups excluding carboxylic acids is 1. The molecule has 4 nitrogen and oxygen atoms in total. The highest BCUT2D eigenvalue weighted by molar-refractivity contribution is 7.09. The summed E-state index contributed by atoms with van der Waals surface area (Å²) in [6, 6.07) is 3.98. The Morgan fingerprint density at radius 1 is 1.59 bits per heavy atom. The third-order valence-corrected chi connectivity index (χ3v) is 3.56. The van der Waals surface area contributed by atoms with E-state index in [9.17, 15) is 4.79 Å². The summed E-state index contributed by atoms with van der Waals surface area (Å²) < 4.78 is 5.51. The Hall–Kier alpha value is -0.620. The third kappa shape index (κ3) is 3.96. The Balaban J connectivity index is 0.00000144. The van der Waals surface area contributed by atoms with Crippen LogP contribution in [-0.2, 0) is 16.1 Å². The minimum absolute atomic E-state index is 0. The molecule has 1 aliphatic heterocycles. The van der Waals surface area contributed by atoms with E-state index in [2.05, 4.69) is 5.32 Å². The van der Waals surface area contributed by atoms with Crippen LogP contribution in [0.5, 0.6) is 0 Å². The van der Waals surface area contributed by atoms with Crippen LogP contribution in [0.15, 0.2) is 17.5 Å². The van der Waals surface area contributed by atoms with Gasteiger partial charge in [-0.3, -0.25) is 4.79 Å². The van der Waals surface area contributed by atoms with Gasteiger partial charge >= 0.3 is 0 Å². The molecule has 0 aromatic carbocycles. The van der Waals surface area contributed by atoms with Crippen LogP contribution >= 0.6 is 23.7 Å². The van der Waals surface area contributed by atoms with Gasteiger partial charge in [-0.15, -0.1) is 23.7 Å². The molecule has 3 N–H and O–H groups in total. The molecule has 0 radical (unpaired) electrons. The van der Waals surface area contributed by atoms with Crippen molar-refractivity contribution in [1.82, 2.24) is 5.32 Å². The van der Waals surface area contributed by atoms with Gasteiger partial charge in [0, 0.05) is 11.4 Å². The summed E-state index contributed by atoms with van der Waals surface area (Å²) in [5, 5.41) is 4.88. The number of carbonyl (C=O) groups is 1. The van der Waals surface area contributed by atoms with Crippen molar-refractivity contribution in [2.45, 2.75) is 31.6 Å². The van der Waals surface area contributed by atoms with Crippen molar-refractivity contribution in [2.24, 2.45) is 5.73 Å². The quantitative estimate of drug-likeness (QED) is 0.871. The van der Waals surface area contributed by atoms with Crippen LogP contribution in [0, 0.1) is 0 Å². The van der Waals surface area contributed by atoms with Crippen LogP contribution in [0.3, 0.4) is 0 Å². The van der Waals surface area contributed by atoms with Crippen molar-refractivity contribution in [2.75, 3.05) is 6.54 Å². The molecule has 1 aliphatic rings. The second-order valence-electron chi connectivity index (χ2n) is 3.86. The lowest BCUT2D eigenvalue weighted by atomic mass is 10.2. The van der Waals surface area contributed by atoms with Crippen molar-refractivity contribution in [3.8, 4) is 0 Å². The number of thiophene rings is 1. The van der Waals surface area contributed by atoms with E-state index in [4.69, 9.17) is 10.5 Å². The van der Waals surface area contributed by atoms with Crippen molar-refractivity contribution in [1.29, 1.82) is 0 Å². The fourth-order valence-corrected chi connectivity index (χ4v) is 2.42. The lowest BCUT2D eigenvalue weighted by Gasteiger charge is -2.12. The molecule has 0 aliphatic carbocycles. The van der Waals surface area contributed by atoms with Gasteiger partial charge in [0.1, 0.15) is 6.10 Å². The normalized spacial score (nSPS) is 23.1. The van der Waals surface area contributed by atoms with Crippen LogP contribution in [0.1, 0.15) is 17.7 Å². The van der Waals surface area contributed by atoms with E-state index < -0.39 is 0 Å². The number of nitrogens with one attached hydrogen (secondary N) is 1. The Labute approximate surface area is 111 Å². The second kappa shape index (κ2) is 6.96. The van der Waals surface area contributed by atoms with Gasteiger partial charge in [-0.1, -0.05) is 6.07 Å². The molecule has 0 spiro atoms. The second-order valence-corrected chi connectivity index (χ2v) is 4.89. The summed E-state index contributed by atoms with van der Waals surface area (Å²) in [5.74, 6) is -0.0237. The fourth-order valence-electron chi connectivity index (χ4n) is 1.77. The predicted molar refractivity (Wildman–Crippen MR) is 70.4 cm³/mol. The zero-order valence-electron chi connectivity index (χ0n) is 9.43. The van der Waals surface area contributed by atoms with E-state index in [1.165, 1.54) is 0 Å². The summed E-state index contributed by atoms with van der Waals surface area (Å²) in [6.45, 7) is 1.08. The summed E-state index contributed by atoms with van der Waals surface area (Å²) in [5.41, 5.74) is 5.49. The standard InChI is InChI=1S/C11H16N2O2S.ClH/c12-6-8-3-4-10(15-8)11(14)13-7-9-2-1-5-16-9;/h1-2,5,8,10H,3-4,6-7,12H2,(H,13,14);1H/t8-,10+;/m1./s1. The number of halogens is 1. The average Bonchev–Trinajstić information content (AvgIpc) is 2.96. The van der Waals surface area contributed by atoms with E-state index in [0.717, 1.165) is 17.7 Å². The molecule has 6 heteroatoms. The molecular weight excluding hydrogens is 260 g/mol. The average molecular weight is 277 g/mol. The molecule has 2 rings (SSSR count). The first-order valence-corrected chi connectivity index (χ1v) is 6.33. The topological polar surface area (TPSA) is 64.4 Å². The van der Waals surface area contributed by atoms with E-state index in [1.807, 2.05) is 17.5 Å². The van der Waals surface area contributed by atoms with Gasteiger partial charge in [0.25, 0.3) is 0 Å². The SMILES string of the molecule is Cl.NC[C@H]1CC[C@@H](C(=O)NCc2cccs2)O1. The molecule has 1 aromatic rings. The number of amides is 1. The first-order valence-electron chi connectivity index (χ1n) is 5.45. The maximum absolute atomic E-state index is 11.7. The first-order chi connectivity index (χ1) is 7.79. The largest absolute Gasteiger partial charge is 0.364 e. The van der Waals surface area contributed by atoms with Crippen molar-refractivity contribution in [3.05, 3.63) is 22.4 Å². The zero-order chi connectivity index (χ0) is 11.4. The Morgan fingerprint density at radius 3 is 3.00 bits per heavy atom. The zero-order valence-corrected chi connectivity index (χ0v) is 11.1. The Morgan fingerprint density at radius 2 is 2.41 bits per heavy atom. The van der Waals surface area contributed by atoms with Gasteiger partial charge in [-0.05, 0) is 24.3 Å². The highest BCUT2D eigenvalue weighted by atomic mass is 35.5. The van der Waals surface area contributed by atoms with Crippen LogP contribution in [0.25, 0.3) is 0 Å². The van der Waals surface area contributed by atoms with Crippen LogP contribution in [-0.4, -0.2) is 24.7 Å². The smallest absolute Gasteiger partial charge is 0.249 e. The molecular formula is C11H17ClN2O2S. The van der Waals surface area contributed by atoms with Gasteiger partial charge in [0.05, 0.1) is 12.6 Å². The highest BCUT2D eigenvalue weighted by Crippen LogP contribution is 2.19. The Kier molecular flexibility index (Phi) is 5.91. The van der Waals surface area contributed by atoms with E-state index >= 15 is 0 Å². The monoisotopic (exact) mass is 276 g/mol. The lowest BCUT2D eigenvalue weighted by molar-refractivity contribution is -0.132. The number of hydrogen-bond acceptors (Lipinski definition) is 4. The first kappa shape index (κ1) is 14.4. The summed E-state index contributed by atoms with van der Waals surface area (Å²) in [4.78, 5) is 12.9. The van der Waals surface area contributed by atoms with Crippen LogP contribution < -0.4 is 11.1 Å². The van der Waals surface area contributed by atoms with Crippen molar-refractivity contribution < 1.29 is 9.53 Å². The van der Waals surface area contributed by atoms with Crippen molar-refractivity contribution in [3.63, 3.8) is 0 Å². The molecule has 96 valence electrons. The maximum atomic E-state index is 11.7. The fraction of sp³-hybridized carbons (Fsp3) is 0.545. The van der Waals surface area contributed by atoms with Gasteiger partial charge < -0.3 is 15.8 Å². The van der Waals surface area contributed by atoms with E-state index in [-0.39, 0.29) is 30.5 Å². The van der Waals surface area contributed by atoms with Gasteiger partial charge in [-0.25, -0.2) is 0 Å². The third-order valence-electron chi connectivity index (χ3n) is 2.68. The van der Waals surface area contributed by atoms with Crippen LogP contribution in [0.2, 0.25) is 0 Å². The molecule has 17 heavy (non-hydrogen) atoms. The van der Waals surface area contributed by atoms with Crippen molar-refractivity contribution >= 4 is 29.7 Å². The molecule has 0 saturated carbocycles. The molecule has 2 heterocycles.